The van der Waals surface area contributed by atoms with Gasteiger partial charge in [-0.2, -0.15) is 0 Å². The lowest BCUT2D eigenvalue weighted by atomic mass is 10.2. The summed E-state index contributed by atoms with van der Waals surface area (Å²) >= 11 is 6.64. The molecule has 7 nitrogen and oxygen atoms in total. The quantitative estimate of drug-likeness (QED) is 0.502. The van der Waals surface area contributed by atoms with Gasteiger partial charge in [-0.05, 0) is 43.9 Å². The Morgan fingerprint density at radius 3 is 3.00 bits per heavy atom. The van der Waals surface area contributed by atoms with Crippen LogP contribution >= 0.6 is 24.0 Å². The normalized spacial score (nSPS) is 20.4. The molecule has 0 aliphatic carbocycles. The molecule has 4 rings (SSSR count). The molecular formula is C22H26N4O3S2. The summed E-state index contributed by atoms with van der Waals surface area (Å²) in [6.07, 6.45) is 7.29. The van der Waals surface area contributed by atoms with Crippen molar-refractivity contribution >= 4 is 51.7 Å². The number of fused-ring (bicyclic) bond motifs is 1. The van der Waals surface area contributed by atoms with Crippen LogP contribution in [0.3, 0.4) is 0 Å². The molecule has 9 heteroatoms. The van der Waals surface area contributed by atoms with E-state index in [0.717, 1.165) is 37.9 Å². The zero-order chi connectivity index (χ0) is 22.0. The van der Waals surface area contributed by atoms with Gasteiger partial charge >= 0.3 is 0 Å². The van der Waals surface area contributed by atoms with Gasteiger partial charge in [-0.3, -0.25) is 18.9 Å². The number of carbonyl (C=O) groups excluding carboxylic acids is 1. The molecule has 4 heterocycles. The summed E-state index contributed by atoms with van der Waals surface area (Å²) in [6.45, 7) is 5.91. The van der Waals surface area contributed by atoms with Crippen LogP contribution in [0.25, 0.3) is 11.7 Å². The zero-order valence-electron chi connectivity index (χ0n) is 17.7. The zero-order valence-corrected chi connectivity index (χ0v) is 19.4. The third-order valence-corrected chi connectivity index (χ3v) is 6.87. The van der Waals surface area contributed by atoms with E-state index < -0.39 is 0 Å². The highest BCUT2D eigenvalue weighted by atomic mass is 32.2. The lowest BCUT2D eigenvalue weighted by Crippen LogP contribution is -2.29. The Morgan fingerprint density at radius 2 is 2.26 bits per heavy atom. The summed E-state index contributed by atoms with van der Waals surface area (Å²) in [4.78, 5) is 33.1. The fourth-order valence-corrected chi connectivity index (χ4v) is 5.02. The molecule has 2 fully saturated rings. The Hall–Kier alpha value is -2.23. The number of carbonyl (C=O) groups is 1. The number of hydrogen-bond donors (Lipinski definition) is 1. The van der Waals surface area contributed by atoms with Crippen molar-refractivity contribution in [2.45, 2.75) is 45.6 Å². The number of rotatable bonds is 7. The molecule has 2 aromatic rings. The van der Waals surface area contributed by atoms with Crippen molar-refractivity contribution < 1.29 is 9.53 Å². The average Bonchev–Trinajstić information content (AvgIpc) is 3.36. The number of ether oxygens (including phenoxy) is 1. The van der Waals surface area contributed by atoms with Gasteiger partial charge < -0.3 is 10.1 Å². The minimum Gasteiger partial charge on any atom is -0.376 e. The largest absolute Gasteiger partial charge is 0.376 e. The predicted molar refractivity (Wildman–Crippen MR) is 128 cm³/mol. The fraction of sp³-hybridized carbons (Fsp3) is 0.455. The first-order valence-corrected chi connectivity index (χ1v) is 11.8. The van der Waals surface area contributed by atoms with Crippen molar-refractivity contribution in [2.75, 3.05) is 25.0 Å². The highest BCUT2D eigenvalue weighted by Crippen LogP contribution is 2.33. The van der Waals surface area contributed by atoms with Crippen LogP contribution in [-0.2, 0) is 9.53 Å². The van der Waals surface area contributed by atoms with Gasteiger partial charge in [0.1, 0.15) is 15.8 Å². The Kier molecular flexibility index (Phi) is 6.74. The maximum absolute atomic E-state index is 13.4. The molecule has 164 valence electrons. The van der Waals surface area contributed by atoms with Gasteiger partial charge in [0.15, 0.2) is 0 Å². The van der Waals surface area contributed by atoms with Gasteiger partial charge in [-0.1, -0.05) is 43.4 Å². The van der Waals surface area contributed by atoms with E-state index in [2.05, 4.69) is 12.2 Å². The molecule has 2 aliphatic heterocycles. The van der Waals surface area contributed by atoms with Crippen molar-refractivity contribution in [3.8, 4) is 0 Å². The van der Waals surface area contributed by atoms with Gasteiger partial charge in [0.2, 0.25) is 0 Å². The first-order valence-electron chi connectivity index (χ1n) is 10.6. The summed E-state index contributed by atoms with van der Waals surface area (Å²) in [7, 11) is 0. The highest BCUT2D eigenvalue weighted by Gasteiger charge is 2.32. The van der Waals surface area contributed by atoms with Crippen LogP contribution < -0.4 is 10.9 Å². The van der Waals surface area contributed by atoms with Crippen LogP contribution in [0.4, 0.5) is 5.82 Å². The first kappa shape index (κ1) is 22.0. The molecule has 0 radical (unpaired) electrons. The second-order valence-electron chi connectivity index (χ2n) is 7.77. The second-order valence-corrected chi connectivity index (χ2v) is 9.44. The summed E-state index contributed by atoms with van der Waals surface area (Å²) < 4.78 is 7.76. The summed E-state index contributed by atoms with van der Waals surface area (Å²) in [6, 6.07) is 3.74. The van der Waals surface area contributed by atoms with Crippen LogP contribution in [-0.4, -0.2) is 50.3 Å². The Morgan fingerprint density at radius 1 is 1.42 bits per heavy atom. The second kappa shape index (κ2) is 9.50. The molecule has 2 aromatic heterocycles. The first-order chi connectivity index (χ1) is 15.0. The van der Waals surface area contributed by atoms with Crippen LogP contribution in [0.2, 0.25) is 0 Å². The lowest BCUT2D eigenvalue weighted by Gasteiger charge is -2.15. The maximum atomic E-state index is 13.4. The Labute approximate surface area is 190 Å². The van der Waals surface area contributed by atoms with Gasteiger partial charge in [-0.25, -0.2) is 4.98 Å². The average molecular weight is 459 g/mol. The maximum Gasteiger partial charge on any atom is 0.267 e. The Balaban J connectivity index is 1.74. The number of amides is 1. The van der Waals surface area contributed by atoms with Crippen LogP contribution in [0, 0.1) is 6.92 Å². The van der Waals surface area contributed by atoms with Crippen LogP contribution in [0.5, 0.6) is 0 Å². The number of anilines is 1. The minimum atomic E-state index is -0.220. The van der Waals surface area contributed by atoms with E-state index in [4.69, 9.17) is 21.9 Å². The number of nitrogens with zero attached hydrogens (tertiary/aromatic N) is 3. The molecular weight excluding hydrogens is 432 g/mol. The number of pyridine rings is 1. The molecule has 2 saturated heterocycles. The number of hydrogen-bond acceptors (Lipinski definition) is 7. The van der Waals surface area contributed by atoms with Gasteiger partial charge in [0, 0.05) is 25.9 Å². The van der Waals surface area contributed by atoms with Crippen molar-refractivity contribution in [3.63, 3.8) is 0 Å². The molecule has 0 saturated carbocycles. The smallest absolute Gasteiger partial charge is 0.267 e. The molecule has 1 amide bonds. The molecule has 0 spiro atoms. The van der Waals surface area contributed by atoms with Gasteiger partial charge in [0.25, 0.3) is 11.5 Å². The van der Waals surface area contributed by atoms with E-state index in [1.165, 1.54) is 16.2 Å². The number of thiocarbonyl (C=S) groups is 1. The van der Waals surface area contributed by atoms with Crippen LogP contribution in [0.1, 0.15) is 43.7 Å². The van der Waals surface area contributed by atoms with Gasteiger partial charge in [-0.15, -0.1) is 0 Å². The fourth-order valence-electron chi connectivity index (χ4n) is 3.73. The van der Waals surface area contributed by atoms with E-state index in [9.17, 15) is 9.59 Å². The highest BCUT2D eigenvalue weighted by molar-refractivity contribution is 8.26. The number of unbranched alkanes of at least 4 members (excludes halogenated alkanes) is 1. The molecule has 31 heavy (non-hydrogen) atoms. The third-order valence-electron chi connectivity index (χ3n) is 5.49. The lowest BCUT2D eigenvalue weighted by molar-refractivity contribution is -0.122. The number of thioether (sulfide) groups is 1. The molecule has 0 bridgehead atoms. The Bertz CT molecular complexity index is 1110. The minimum absolute atomic E-state index is 0.0947. The van der Waals surface area contributed by atoms with E-state index in [1.54, 1.807) is 17.2 Å². The SMILES string of the molecule is CCCCN1C(=O)/C(=C/c2c(NC[C@H]3CCCO3)nc3c(C)cccn3c2=O)SC1=S. The number of nitrogens with one attached hydrogen (secondary N) is 1. The predicted octanol–water partition coefficient (Wildman–Crippen LogP) is 3.60. The number of aryl methyl sites for hydroxylation is 1. The van der Waals surface area contributed by atoms with E-state index in [-0.39, 0.29) is 17.6 Å². The van der Waals surface area contributed by atoms with E-state index in [0.29, 0.717) is 39.3 Å². The third kappa shape index (κ3) is 4.53. The molecule has 1 atom stereocenters. The van der Waals surface area contributed by atoms with E-state index >= 15 is 0 Å². The number of aromatic nitrogens is 2. The van der Waals surface area contributed by atoms with E-state index in [1.807, 2.05) is 19.1 Å². The monoisotopic (exact) mass is 458 g/mol. The topological polar surface area (TPSA) is 75.9 Å². The molecule has 1 N–H and O–H groups in total. The molecule has 0 unspecified atom stereocenters. The van der Waals surface area contributed by atoms with Crippen molar-refractivity contribution in [1.82, 2.24) is 14.3 Å². The van der Waals surface area contributed by atoms with Crippen molar-refractivity contribution in [2.24, 2.45) is 0 Å². The van der Waals surface area contributed by atoms with Crippen LogP contribution in [0.15, 0.2) is 28.0 Å². The summed E-state index contributed by atoms with van der Waals surface area (Å²) in [5.74, 6) is 0.316. The molecule has 0 aromatic carbocycles. The summed E-state index contributed by atoms with van der Waals surface area (Å²) in [5, 5.41) is 3.30. The standard InChI is InChI=1S/C22H26N4O3S2/c1-3-4-9-26-21(28)17(31-22(26)30)12-16-18(23-13-15-8-6-11-29-15)24-19-14(2)7-5-10-25(19)20(16)27/h5,7,10,12,15,23H,3-4,6,8-9,11,13H2,1-2H3/b17-12-/t15-/m1/s1. The van der Waals surface area contributed by atoms with Crippen molar-refractivity contribution in [3.05, 3.63) is 44.7 Å². The molecule has 2 aliphatic rings. The van der Waals surface area contributed by atoms with Crippen molar-refractivity contribution in [1.29, 1.82) is 0 Å². The van der Waals surface area contributed by atoms with Gasteiger partial charge in [0.05, 0.1) is 16.6 Å². The summed E-state index contributed by atoms with van der Waals surface area (Å²) in [5.41, 5.74) is 1.63.